The molecule has 2 N–H and O–H groups in total. The molecule has 1 amide bonds. The van der Waals surface area contributed by atoms with E-state index in [0.29, 0.717) is 21.8 Å². The highest BCUT2D eigenvalue weighted by molar-refractivity contribution is 6.32. The standard InChI is InChI=1S/C16H13ClN2O2/c1-11-7-14(10-18-9-11)19-16(21)13-5-4-12(3-2-6-20)15(17)8-13/h4-5,7-10,20H,6H2,1H3,(H,19,21). The molecular formula is C16H13ClN2O2. The zero-order valence-electron chi connectivity index (χ0n) is 11.4. The lowest BCUT2D eigenvalue weighted by molar-refractivity contribution is 0.102. The summed E-state index contributed by atoms with van der Waals surface area (Å²) in [6.07, 6.45) is 3.29. The van der Waals surface area contributed by atoms with Crippen LogP contribution in [0.4, 0.5) is 5.69 Å². The summed E-state index contributed by atoms with van der Waals surface area (Å²) in [6, 6.07) is 6.65. The maximum atomic E-state index is 12.1. The van der Waals surface area contributed by atoms with Crippen LogP contribution in [-0.2, 0) is 0 Å². The number of hydrogen-bond acceptors (Lipinski definition) is 3. The average Bonchev–Trinajstić information content (AvgIpc) is 2.46. The van der Waals surface area contributed by atoms with Gasteiger partial charge in [-0.1, -0.05) is 23.4 Å². The van der Waals surface area contributed by atoms with Crippen molar-refractivity contribution in [3.05, 3.63) is 58.4 Å². The summed E-state index contributed by atoms with van der Waals surface area (Å²) in [5, 5.41) is 11.8. The molecule has 0 radical (unpaired) electrons. The molecule has 0 atom stereocenters. The predicted octanol–water partition coefficient (Wildman–Crippen LogP) is 2.64. The molecule has 0 spiro atoms. The molecule has 2 rings (SSSR count). The lowest BCUT2D eigenvalue weighted by Crippen LogP contribution is -2.12. The van der Waals surface area contributed by atoms with Crippen LogP contribution in [0.3, 0.4) is 0 Å². The van der Waals surface area contributed by atoms with Crippen LogP contribution in [0.2, 0.25) is 5.02 Å². The summed E-state index contributed by atoms with van der Waals surface area (Å²) in [7, 11) is 0. The second-order valence-corrected chi connectivity index (χ2v) is 4.77. The lowest BCUT2D eigenvalue weighted by Gasteiger charge is -2.06. The van der Waals surface area contributed by atoms with E-state index in [1.165, 1.54) is 0 Å². The van der Waals surface area contributed by atoms with Crippen LogP contribution in [0.25, 0.3) is 0 Å². The van der Waals surface area contributed by atoms with Crippen LogP contribution in [0, 0.1) is 18.8 Å². The molecule has 1 aromatic heterocycles. The molecule has 0 saturated carbocycles. The Morgan fingerprint density at radius 3 is 2.86 bits per heavy atom. The molecule has 0 aliphatic rings. The number of anilines is 1. The van der Waals surface area contributed by atoms with Gasteiger partial charge >= 0.3 is 0 Å². The van der Waals surface area contributed by atoms with Crippen molar-refractivity contribution in [2.45, 2.75) is 6.92 Å². The first-order valence-corrected chi connectivity index (χ1v) is 6.60. The number of pyridine rings is 1. The number of halogens is 1. The van der Waals surface area contributed by atoms with E-state index in [4.69, 9.17) is 16.7 Å². The van der Waals surface area contributed by atoms with Crippen molar-refractivity contribution in [1.29, 1.82) is 0 Å². The van der Waals surface area contributed by atoms with Crippen LogP contribution < -0.4 is 5.32 Å². The zero-order valence-corrected chi connectivity index (χ0v) is 12.1. The molecule has 1 aromatic carbocycles. The third kappa shape index (κ3) is 4.06. The smallest absolute Gasteiger partial charge is 0.255 e. The van der Waals surface area contributed by atoms with Crippen molar-refractivity contribution in [2.24, 2.45) is 0 Å². The van der Waals surface area contributed by atoms with E-state index in [-0.39, 0.29) is 12.5 Å². The molecule has 0 unspecified atom stereocenters. The Bertz CT molecular complexity index is 733. The lowest BCUT2D eigenvalue weighted by atomic mass is 10.1. The molecule has 0 aliphatic carbocycles. The van der Waals surface area contributed by atoms with Crippen molar-refractivity contribution < 1.29 is 9.90 Å². The molecule has 5 heteroatoms. The highest BCUT2D eigenvalue weighted by Crippen LogP contribution is 2.18. The molecule has 0 aliphatic heterocycles. The number of aromatic nitrogens is 1. The van der Waals surface area contributed by atoms with Crippen LogP contribution in [0.1, 0.15) is 21.5 Å². The highest BCUT2D eigenvalue weighted by atomic mass is 35.5. The van der Waals surface area contributed by atoms with Crippen molar-refractivity contribution in [3.8, 4) is 11.8 Å². The molecule has 21 heavy (non-hydrogen) atoms. The first-order valence-electron chi connectivity index (χ1n) is 6.22. The number of benzene rings is 1. The van der Waals surface area contributed by atoms with E-state index < -0.39 is 0 Å². The summed E-state index contributed by atoms with van der Waals surface area (Å²) in [5.74, 6) is 4.95. The highest BCUT2D eigenvalue weighted by Gasteiger charge is 2.08. The predicted molar refractivity (Wildman–Crippen MR) is 82.3 cm³/mol. The van der Waals surface area contributed by atoms with E-state index >= 15 is 0 Å². The number of carbonyl (C=O) groups excluding carboxylic acids is 1. The second-order valence-electron chi connectivity index (χ2n) is 4.36. The Morgan fingerprint density at radius 2 is 2.19 bits per heavy atom. The first-order chi connectivity index (χ1) is 10.1. The van der Waals surface area contributed by atoms with Gasteiger partial charge < -0.3 is 10.4 Å². The maximum absolute atomic E-state index is 12.1. The van der Waals surface area contributed by atoms with Crippen LogP contribution in [0.5, 0.6) is 0 Å². The number of aryl methyl sites for hydroxylation is 1. The second kappa shape index (κ2) is 6.89. The zero-order chi connectivity index (χ0) is 15.2. The number of nitrogens with one attached hydrogen (secondary N) is 1. The third-order valence-electron chi connectivity index (χ3n) is 2.67. The fourth-order valence-corrected chi connectivity index (χ4v) is 1.95. The monoisotopic (exact) mass is 300 g/mol. The summed E-state index contributed by atoms with van der Waals surface area (Å²) < 4.78 is 0. The molecule has 4 nitrogen and oxygen atoms in total. The van der Waals surface area contributed by atoms with Crippen molar-refractivity contribution in [3.63, 3.8) is 0 Å². The van der Waals surface area contributed by atoms with Crippen LogP contribution in [-0.4, -0.2) is 22.6 Å². The van der Waals surface area contributed by atoms with E-state index in [1.54, 1.807) is 30.6 Å². The van der Waals surface area contributed by atoms with Gasteiger partial charge in [0.1, 0.15) is 6.61 Å². The summed E-state index contributed by atoms with van der Waals surface area (Å²) in [5.41, 5.74) is 2.58. The number of rotatable bonds is 2. The quantitative estimate of drug-likeness (QED) is 0.838. The topological polar surface area (TPSA) is 62.2 Å². The Labute approximate surface area is 127 Å². The fourth-order valence-electron chi connectivity index (χ4n) is 1.72. The van der Waals surface area contributed by atoms with Gasteiger partial charge in [0.25, 0.3) is 5.91 Å². The summed E-state index contributed by atoms with van der Waals surface area (Å²) in [6.45, 7) is 1.66. The third-order valence-corrected chi connectivity index (χ3v) is 2.98. The van der Waals surface area contributed by atoms with Gasteiger partial charge in [0.15, 0.2) is 0 Å². The fraction of sp³-hybridized carbons (Fsp3) is 0.125. The summed E-state index contributed by atoms with van der Waals surface area (Å²) in [4.78, 5) is 16.1. The Kier molecular flexibility index (Phi) is 4.94. The van der Waals surface area contributed by atoms with Crippen molar-refractivity contribution in [1.82, 2.24) is 4.98 Å². The number of aliphatic hydroxyl groups excluding tert-OH is 1. The Balaban J connectivity index is 2.18. The van der Waals surface area contributed by atoms with Crippen molar-refractivity contribution >= 4 is 23.2 Å². The van der Waals surface area contributed by atoms with Crippen LogP contribution >= 0.6 is 11.6 Å². The maximum Gasteiger partial charge on any atom is 0.255 e. The molecule has 0 fully saturated rings. The van der Waals surface area contributed by atoms with Gasteiger partial charge in [-0.2, -0.15) is 0 Å². The van der Waals surface area contributed by atoms with Gasteiger partial charge in [0.05, 0.1) is 16.9 Å². The largest absolute Gasteiger partial charge is 0.384 e. The summed E-state index contributed by atoms with van der Waals surface area (Å²) >= 11 is 6.06. The van der Waals surface area contributed by atoms with Gasteiger partial charge in [-0.15, -0.1) is 0 Å². The van der Waals surface area contributed by atoms with Gasteiger partial charge in [-0.25, -0.2) is 0 Å². The first kappa shape index (κ1) is 15.0. The molecule has 2 aromatic rings. The van der Waals surface area contributed by atoms with Gasteiger partial charge in [-0.05, 0) is 36.8 Å². The number of carbonyl (C=O) groups is 1. The van der Waals surface area contributed by atoms with E-state index in [1.807, 2.05) is 13.0 Å². The van der Waals surface area contributed by atoms with E-state index in [9.17, 15) is 4.79 Å². The molecule has 1 heterocycles. The van der Waals surface area contributed by atoms with E-state index in [0.717, 1.165) is 5.56 Å². The number of nitrogens with zero attached hydrogens (tertiary/aromatic N) is 1. The van der Waals surface area contributed by atoms with Gasteiger partial charge in [0.2, 0.25) is 0 Å². The van der Waals surface area contributed by atoms with Crippen LogP contribution in [0.15, 0.2) is 36.7 Å². The minimum atomic E-state index is -0.272. The number of amides is 1. The molecule has 0 bridgehead atoms. The Hall–Kier alpha value is -2.35. The molecule has 106 valence electrons. The van der Waals surface area contributed by atoms with Gasteiger partial charge in [-0.3, -0.25) is 9.78 Å². The average molecular weight is 301 g/mol. The van der Waals surface area contributed by atoms with Crippen molar-refractivity contribution in [2.75, 3.05) is 11.9 Å². The normalized spacial score (nSPS) is 9.67. The minimum Gasteiger partial charge on any atom is -0.384 e. The molecule has 0 saturated heterocycles. The van der Waals surface area contributed by atoms with E-state index in [2.05, 4.69) is 22.1 Å². The van der Waals surface area contributed by atoms with Gasteiger partial charge in [0, 0.05) is 17.3 Å². The molecular weight excluding hydrogens is 288 g/mol. The number of aliphatic hydroxyl groups is 1. The SMILES string of the molecule is Cc1cncc(NC(=O)c2ccc(C#CCO)c(Cl)c2)c1. The Morgan fingerprint density at radius 1 is 1.38 bits per heavy atom. The minimum absolute atomic E-state index is 0.237. The number of hydrogen-bond donors (Lipinski definition) is 2.